The van der Waals surface area contributed by atoms with Gasteiger partial charge in [-0.3, -0.25) is 4.79 Å². The van der Waals surface area contributed by atoms with Gasteiger partial charge in [-0.25, -0.2) is 31.4 Å². The van der Waals surface area contributed by atoms with Crippen molar-refractivity contribution in [2.75, 3.05) is 7.11 Å². The molecule has 1 N–H and O–H groups in total. The fourth-order valence-electron chi connectivity index (χ4n) is 3.09. The highest BCUT2D eigenvalue weighted by molar-refractivity contribution is 5.98. The van der Waals surface area contributed by atoms with Crippen molar-refractivity contribution in [1.29, 1.82) is 0 Å². The van der Waals surface area contributed by atoms with E-state index in [0.29, 0.717) is 17.7 Å². The quantitative estimate of drug-likeness (QED) is 0.295. The van der Waals surface area contributed by atoms with E-state index in [0.717, 1.165) is 4.68 Å². The molecule has 0 saturated heterocycles. The van der Waals surface area contributed by atoms with Gasteiger partial charge in [-0.15, -0.1) is 0 Å². The summed E-state index contributed by atoms with van der Waals surface area (Å²) in [6.45, 7) is 1.56. The molecule has 7 nitrogen and oxygen atoms in total. The van der Waals surface area contributed by atoms with Crippen LogP contribution >= 0.6 is 0 Å². The number of hydrogen-bond donors (Lipinski definition) is 1. The van der Waals surface area contributed by atoms with Gasteiger partial charge in [0.05, 0.1) is 18.7 Å². The minimum atomic E-state index is -3.18. The fourth-order valence-corrected chi connectivity index (χ4v) is 3.09. The van der Waals surface area contributed by atoms with E-state index < -0.39 is 64.7 Å². The molecule has 180 valence electrons. The van der Waals surface area contributed by atoms with Gasteiger partial charge in [0.1, 0.15) is 17.0 Å². The smallest absolute Gasteiger partial charge is 0.337 e. The number of aryl methyl sites for hydroxylation is 1. The van der Waals surface area contributed by atoms with Crippen LogP contribution in [-0.2, 0) is 11.8 Å². The summed E-state index contributed by atoms with van der Waals surface area (Å²) in [7, 11) is 2.41. The third-order valence-electron chi connectivity index (χ3n) is 4.81. The van der Waals surface area contributed by atoms with E-state index in [9.17, 15) is 31.5 Å². The first-order chi connectivity index (χ1) is 16.0. The summed E-state index contributed by atoms with van der Waals surface area (Å²) in [5, 5.41) is 6.09. The van der Waals surface area contributed by atoms with Crippen molar-refractivity contribution in [1.82, 2.24) is 15.1 Å². The van der Waals surface area contributed by atoms with Gasteiger partial charge in [-0.05, 0) is 24.6 Å². The maximum Gasteiger partial charge on any atom is 0.337 e. The fraction of sp³-hybridized carbons (Fsp3) is 0.227. The number of halogens is 5. The van der Waals surface area contributed by atoms with Gasteiger partial charge >= 0.3 is 5.97 Å². The van der Waals surface area contributed by atoms with Crippen molar-refractivity contribution < 1.29 is 41.0 Å². The molecule has 1 heterocycles. The van der Waals surface area contributed by atoms with Crippen LogP contribution in [0.1, 0.15) is 51.4 Å². The van der Waals surface area contributed by atoms with Crippen LogP contribution in [0.15, 0.2) is 36.4 Å². The Morgan fingerprint density at radius 2 is 1.65 bits per heavy atom. The van der Waals surface area contributed by atoms with Gasteiger partial charge in [-0.2, -0.15) is 5.10 Å². The Morgan fingerprint density at radius 3 is 2.18 bits per heavy atom. The van der Waals surface area contributed by atoms with E-state index in [-0.39, 0.29) is 5.56 Å². The lowest BCUT2D eigenvalue weighted by Gasteiger charge is -2.16. The monoisotopic (exact) mass is 483 g/mol. The van der Waals surface area contributed by atoms with Crippen LogP contribution in [0.5, 0.6) is 11.6 Å². The molecule has 12 heteroatoms. The van der Waals surface area contributed by atoms with E-state index >= 15 is 0 Å². The molecule has 1 aromatic heterocycles. The molecule has 2 aromatic carbocycles. The maximum atomic E-state index is 13.6. The molecule has 1 amide bonds. The molecule has 0 aliphatic carbocycles. The molecule has 0 fully saturated rings. The van der Waals surface area contributed by atoms with Crippen LogP contribution in [0.3, 0.4) is 0 Å². The molecule has 0 saturated carbocycles. The SMILES string of the molecule is COC(=O)c1ccc(C(C)NC(=O)c2c(C(F)F)nn(C)c2Oc2cc(F)c(F)c(F)c2)cc1. The Labute approximate surface area is 190 Å². The van der Waals surface area contributed by atoms with E-state index in [1.54, 1.807) is 6.92 Å². The first-order valence-corrected chi connectivity index (χ1v) is 9.70. The lowest BCUT2D eigenvalue weighted by atomic mass is 10.1. The number of carbonyl (C=O) groups is 2. The van der Waals surface area contributed by atoms with Crippen molar-refractivity contribution in [2.45, 2.75) is 19.4 Å². The summed E-state index contributed by atoms with van der Waals surface area (Å²) in [6.07, 6.45) is -3.18. The predicted molar refractivity (Wildman–Crippen MR) is 108 cm³/mol. The van der Waals surface area contributed by atoms with Gasteiger partial charge in [0.2, 0.25) is 5.88 Å². The second-order valence-corrected chi connectivity index (χ2v) is 7.10. The predicted octanol–water partition coefficient (Wildman–Crippen LogP) is 4.84. The summed E-state index contributed by atoms with van der Waals surface area (Å²) in [4.78, 5) is 24.5. The Morgan fingerprint density at radius 1 is 1.06 bits per heavy atom. The van der Waals surface area contributed by atoms with Gasteiger partial charge in [0.15, 0.2) is 17.5 Å². The molecule has 1 atom stereocenters. The zero-order valence-electron chi connectivity index (χ0n) is 18.0. The summed E-state index contributed by atoms with van der Waals surface area (Å²) in [5.74, 6) is -7.55. The first-order valence-electron chi connectivity index (χ1n) is 9.70. The summed E-state index contributed by atoms with van der Waals surface area (Å²) in [6, 6.07) is 6.29. The Kier molecular flexibility index (Phi) is 7.18. The maximum absolute atomic E-state index is 13.6. The summed E-state index contributed by atoms with van der Waals surface area (Å²) in [5.41, 5.74) is -0.785. The van der Waals surface area contributed by atoms with Crippen molar-refractivity contribution in [3.63, 3.8) is 0 Å². The number of ether oxygens (including phenoxy) is 2. The number of hydrogen-bond acceptors (Lipinski definition) is 5. The zero-order chi connectivity index (χ0) is 25.2. The van der Waals surface area contributed by atoms with Crippen LogP contribution < -0.4 is 10.1 Å². The summed E-state index contributed by atoms with van der Waals surface area (Å²) < 4.78 is 78.2. The average Bonchev–Trinajstić information content (AvgIpc) is 3.13. The number of nitrogens with one attached hydrogen (secondary N) is 1. The molecule has 0 radical (unpaired) electrons. The number of aromatic nitrogens is 2. The third-order valence-corrected chi connectivity index (χ3v) is 4.81. The second-order valence-electron chi connectivity index (χ2n) is 7.10. The van der Waals surface area contributed by atoms with Crippen molar-refractivity contribution >= 4 is 11.9 Å². The number of carbonyl (C=O) groups excluding carboxylic acids is 2. The molecule has 0 bridgehead atoms. The lowest BCUT2D eigenvalue weighted by molar-refractivity contribution is 0.0600. The molecule has 34 heavy (non-hydrogen) atoms. The van der Waals surface area contributed by atoms with Crippen LogP contribution in [0.25, 0.3) is 0 Å². The standard InChI is InChI=1S/C22H18F5N3O4/c1-10(11-4-6-12(7-5-11)22(32)33-3)28-20(31)16-18(19(26)27)29-30(2)21(16)34-13-8-14(23)17(25)15(24)9-13/h4-10,19H,1-3H3,(H,28,31). The van der Waals surface area contributed by atoms with Gasteiger partial charge in [0, 0.05) is 19.2 Å². The van der Waals surface area contributed by atoms with Crippen LogP contribution in [0.2, 0.25) is 0 Å². The van der Waals surface area contributed by atoms with E-state index in [1.165, 1.54) is 38.4 Å². The third kappa shape index (κ3) is 5.00. The average molecular weight is 483 g/mol. The number of methoxy groups -OCH3 is 1. The largest absolute Gasteiger partial charge is 0.465 e. The van der Waals surface area contributed by atoms with E-state index in [4.69, 9.17) is 4.74 Å². The molecular weight excluding hydrogens is 465 g/mol. The highest BCUT2D eigenvalue weighted by Gasteiger charge is 2.31. The molecule has 3 rings (SSSR count). The minimum absolute atomic E-state index is 0.270. The van der Waals surface area contributed by atoms with E-state index in [1.807, 2.05) is 0 Å². The first kappa shape index (κ1) is 24.7. The van der Waals surface area contributed by atoms with Gasteiger partial charge in [-0.1, -0.05) is 12.1 Å². The topological polar surface area (TPSA) is 82.5 Å². The van der Waals surface area contributed by atoms with Gasteiger partial charge < -0.3 is 14.8 Å². The normalized spacial score (nSPS) is 11.9. The molecular formula is C22H18F5N3O4. The number of esters is 1. The molecule has 1 unspecified atom stereocenters. The molecule has 0 aliphatic rings. The number of amides is 1. The number of rotatable bonds is 7. The Bertz CT molecular complexity index is 1210. The number of nitrogens with zero attached hydrogens (tertiary/aromatic N) is 2. The zero-order valence-corrected chi connectivity index (χ0v) is 18.0. The van der Waals surface area contributed by atoms with Gasteiger partial charge in [0.25, 0.3) is 12.3 Å². The van der Waals surface area contributed by atoms with Crippen molar-refractivity contribution in [2.24, 2.45) is 7.05 Å². The van der Waals surface area contributed by atoms with Crippen LogP contribution in [0.4, 0.5) is 22.0 Å². The highest BCUT2D eigenvalue weighted by Crippen LogP contribution is 2.33. The van der Waals surface area contributed by atoms with Crippen molar-refractivity contribution in [3.8, 4) is 11.6 Å². The molecule has 0 spiro atoms. The minimum Gasteiger partial charge on any atom is -0.465 e. The second kappa shape index (κ2) is 9.89. The van der Waals surface area contributed by atoms with Crippen LogP contribution in [0, 0.1) is 17.5 Å². The van der Waals surface area contributed by atoms with Crippen LogP contribution in [-0.4, -0.2) is 28.8 Å². The molecule has 3 aromatic rings. The molecule has 0 aliphatic heterocycles. The van der Waals surface area contributed by atoms with Crippen molar-refractivity contribution in [3.05, 3.63) is 76.2 Å². The highest BCUT2D eigenvalue weighted by atomic mass is 19.3. The lowest BCUT2D eigenvalue weighted by Crippen LogP contribution is -2.27. The summed E-state index contributed by atoms with van der Waals surface area (Å²) >= 11 is 0. The number of benzene rings is 2. The van der Waals surface area contributed by atoms with E-state index in [2.05, 4.69) is 15.2 Å². The Balaban J connectivity index is 1.91. The Hall–Kier alpha value is -3.96. The number of alkyl halides is 2.